The SMILES string of the molecule is CN1CCCCC(n2c(=O)n(-c3ccc(Cl)cc3Cl)c3c(Cl)cc(C(=O)O)cc32)C1. The van der Waals surface area contributed by atoms with Crippen LogP contribution in [0.3, 0.4) is 0 Å². The van der Waals surface area contributed by atoms with Crippen molar-refractivity contribution in [2.75, 3.05) is 20.1 Å². The molecule has 30 heavy (non-hydrogen) atoms. The topological polar surface area (TPSA) is 67.5 Å². The quantitative estimate of drug-likeness (QED) is 0.580. The highest BCUT2D eigenvalue weighted by molar-refractivity contribution is 6.37. The maximum absolute atomic E-state index is 13.7. The Labute approximate surface area is 188 Å². The average Bonchev–Trinajstić information content (AvgIpc) is 2.81. The lowest BCUT2D eigenvalue weighted by atomic mass is 10.1. The van der Waals surface area contributed by atoms with Crippen LogP contribution in [0.2, 0.25) is 15.1 Å². The minimum Gasteiger partial charge on any atom is -0.478 e. The van der Waals surface area contributed by atoms with E-state index in [1.54, 1.807) is 22.8 Å². The highest BCUT2D eigenvalue weighted by atomic mass is 35.5. The number of carboxylic acid groups (broad SMARTS) is 1. The molecule has 2 aromatic carbocycles. The summed E-state index contributed by atoms with van der Waals surface area (Å²) in [6.45, 7) is 1.64. The number of aromatic carboxylic acids is 1. The molecular weight excluding hydrogens is 449 g/mol. The van der Waals surface area contributed by atoms with E-state index in [-0.39, 0.29) is 22.3 Å². The molecule has 0 spiro atoms. The second-order valence-electron chi connectivity index (χ2n) is 7.63. The lowest BCUT2D eigenvalue weighted by Gasteiger charge is -2.21. The number of likely N-dealkylation sites (N-methyl/N-ethyl adjacent to an activating group) is 1. The monoisotopic (exact) mass is 467 g/mol. The molecule has 0 bridgehead atoms. The zero-order valence-corrected chi connectivity index (χ0v) is 18.5. The Balaban J connectivity index is 2.06. The van der Waals surface area contributed by atoms with Crippen LogP contribution in [-0.2, 0) is 0 Å². The van der Waals surface area contributed by atoms with Gasteiger partial charge in [-0.05, 0) is 56.8 Å². The second kappa shape index (κ2) is 8.27. The maximum atomic E-state index is 13.7. The number of carboxylic acids is 1. The molecule has 1 atom stereocenters. The number of rotatable bonds is 3. The van der Waals surface area contributed by atoms with Crippen LogP contribution in [0.25, 0.3) is 16.7 Å². The van der Waals surface area contributed by atoms with Crippen molar-refractivity contribution in [3.63, 3.8) is 0 Å². The fraction of sp³-hybridized carbons (Fsp3) is 0.333. The second-order valence-corrected chi connectivity index (χ2v) is 8.88. The van der Waals surface area contributed by atoms with Crippen molar-refractivity contribution in [2.45, 2.75) is 25.3 Å². The Morgan fingerprint density at radius 2 is 1.87 bits per heavy atom. The molecule has 158 valence electrons. The summed E-state index contributed by atoms with van der Waals surface area (Å²) < 4.78 is 3.12. The summed E-state index contributed by atoms with van der Waals surface area (Å²) in [5.74, 6) is -1.10. The molecule has 0 radical (unpaired) electrons. The van der Waals surface area contributed by atoms with Crippen molar-refractivity contribution in [1.82, 2.24) is 14.0 Å². The molecule has 9 heteroatoms. The van der Waals surface area contributed by atoms with Gasteiger partial charge in [0, 0.05) is 11.6 Å². The van der Waals surface area contributed by atoms with E-state index in [1.165, 1.54) is 16.7 Å². The smallest absolute Gasteiger partial charge is 0.335 e. The summed E-state index contributed by atoms with van der Waals surface area (Å²) in [6, 6.07) is 7.63. The Bertz CT molecular complexity index is 1200. The molecule has 0 amide bonds. The molecule has 4 rings (SSSR count). The molecule has 0 saturated carbocycles. The number of carbonyl (C=O) groups is 1. The van der Waals surface area contributed by atoms with Crippen molar-refractivity contribution in [2.24, 2.45) is 0 Å². The van der Waals surface area contributed by atoms with Gasteiger partial charge in [0.1, 0.15) is 0 Å². The van der Waals surface area contributed by atoms with Gasteiger partial charge in [-0.25, -0.2) is 9.59 Å². The van der Waals surface area contributed by atoms with Crippen LogP contribution in [0.5, 0.6) is 0 Å². The van der Waals surface area contributed by atoms with Gasteiger partial charge in [-0.1, -0.05) is 41.2 Å². The van der Waals surface area contributed by atoms with Gasteiger partial charge in [0.15, 0.2) is 0 Å². The number of benzene rings is 2. The van der Waals surface area contributed by atoms with E-state index in [4.69, 9.17) is 34.8 Å². The maximum Gasteiger partial charge on any atom is 0.335 e. The van der Waals surface area contributed by atoms with E-state index >= 15 is 0 Å². The number of halogens is 3. The summed E-state index contributed by atoms with van der Waals surface area (Å²) in [5.41, 5.74) is 1.09. The zero-order chi connectivity index (χ0) is 21.6. The first-order valence-electron chi connectivity index (χ1n) is 9.61. The van der Waals surface area contributed by atoms with Gasteiger partial charge in [0.05, 0.1) is 38.4 Å². The number of imidazole rings is 1. The number of aromatic nitrogens is 2. The number of fused-ring (bicyclic) bond motifs is 1. The fourth-order valence-electron chi connectivity index (χ4n) is 4.17. The minimum atomic E-state index is -1.10. The van der Waals surface area contributed by atoms with Gasteiger partial charge in [-0.15, -0.1) is 0 Å². The summed E-state index contributed by atoms with van der Waals surface area (Å²) in [5, 5.41) is 10.5. The average molecular weight is 469 g/mol. The molecule has 0 aliphatic carbocycles. The number of hydrogen-bond acceptors (Lipinski definition) is 3. The Hall–Kier alpha value is -1.99. The van der Waals surface area contributed by atoms with Crippen LogP contribution in [0, 0.1) is 0 Å². The highest BCUT2D eigenvalue weighted by Gasteiger charge is 2.27. The van der Waals surface area contributed by atoms with Gasteiger partial charge in [-0.2, -0.15) is 0 Å². The minimum absolute atomic E-state index is 0.0302. The van der Waals surface area contributed by atoms with Crippen molar-refractivity contribution < 1.29 is 9.90 Å². The van der Waals surface area contributed by atoms with Crippen LogP contribution >= 0.6 is 34.8 Å². The van der Waals surface area contributed by atoms with Crippen LogP contribution < -0.4 is 5.69 Å². The van der Waals surface area contributed by atoms with E-state index in [1.807, 2.05) is 7.05 Å². The molecular formula is C21H20Cl3N3O3. The van der Waals surface area contributed by atoms with Crippen molar-refractivity contribution in [1.29, 1.82) is 0 Å². The first kappa shape index (κ1) is 21.2. The fourth-order valence-corrected chi connectivity index (χ4v) is 4.97. The molecule has 1 aromatic heterocycles. The van der Waals surface area contributed by atoms with E-state index in [0.29, 0.717) is 33.3 Å². The van der Waals surface area contributed by atoms with Crippen LogP contribution in [0.15, 0.2) is 35.1 Å². The molecule has 1 saturated heterocycles. The third kappa shape index (κ3) is 3.73. The number of likely N-dealkylation sites (tertiary alicyclic amines) is 1. The van der Waals surface area contributed by atoms with Gasteiger partial charge in [0.2, 0.25) is 0 Å². The normalized spacial score (nSPS) is 17.9. The summed E-state index contributed by atoms with van der Waals surface area (Å²) in [6.07, 6.45) is 2.83. The lowest BCUT2D eigenvalue weighted by Crippen LogP contribution is -2.32. The molecule has 1 aliphatic rings. The predicted octanol–water partition coefficient (Wildman–Crippen LogP) is 5.11. The standard InChI is InChI=1S/C21H20Cl3N3O3/c1-25-7-3-2-4-14(11-25)26-18-9-12(20(28)29)8-16(24)19(18)27(21(26)30)17-6-5-13(22)10-15(17)23/h5-6,8-10,14H,2-4,7,11H2,1H3,(H,28,29). The van der Waals surface area contributed by atoms with E-state index in [2.05, 4.69) is 4.90 Å². The van der Waals surface area contributed by atoms with Crippen molar-refractivity contribution >= 4 is 51.8 Å². The van der Waals surface area contributed by atoms with Crippen molar-refractivity contribution in [3.8, 4) is 5.69 Å². The van der Waals surface area contributed by atoms with Gasteiger partial charge in [-0.3, -0.25) is 9.13 Å². The number of nitrogens with zero attached hydrogens (tertiary/aromatic N) is 3. The zero-order valence-electron chi connectivity index (χ0n) is 16.2. The Morgan fingerprint density at radius 3 is 2.57 bits per heavy atom. The highest BCUT2D eigenvalue weighted by Crippen LogP contribution is 2.33. The molecule has 2 heterocycles. The van der Waals surface area contributed by atoms with E-state index in [9.17, 15) is 14.7 Å². The lowest BCUT2D eigenvalue weighted by molar-refractivity contribution is 0.0697. The Kier molecular flexibility index (Phi) is 5.86. The van der Waals surface area contributed by atoms with E-state index in [0.717, 1.165) is 25.8 Å². The molecule has 1 N–H and O–H groups in total. The third-order valence-electron chi connectivity index (χ3n) is 5.54. The summed E-state index contributed by atoms with van der Waals surface area (Å²) in [4.78, 5) is 27.5. The van der Waals surface area contributed by atoms with Crippen LogP contribution in [0.4, 0.5) is 0 Å². The Morgan fingerprint density at radius 1 is 1.10 bits per heavy atom. The molecule has 6 nitrogen and oxygen atoms in total. The van der Waals surface area contributed by atoms with Gasteiger partial charge >= 0.3 is 11.7 Å². The molecule has 3 aromatic rings. The van der Waals surface area contributed by atoms with Crippen LogP contribution in [0.1, 0.15) is 35.7 Å². The van der Waals surface area contributed by atoms with E-state index < -0.39 is 5.97 Å². The molecule has 1 unspecified atom stereocenters. The van der Waals surface area contributed by atoms with Crippen LogP contribution in [-0.4, -0.2) is 45.2 Å². The molecule has 1 aliphatic heterocycles. The van der Waals surface area contributed by atoms with Gasteiger partial charge < -0.3 is 10.0 Å². The first-order chi connectivity index (χ1) is 14.3. The third-order valence-corrected chi connectivity index (χ3v) is 6.36. The first-order valence-corrected chi connectivity index (χ1v) is 10.7. The van der Waals surface area contributed by atoms with Gasteiger partial charge in [0.25, 0.3) is 0 Å². The summed E-state index contributed by atoms with van der Waals surface area (Å²) >= 11 is 19.0. The predicted molar refractivity (Wildman–Crippen MR) is 120 cm³/mol. The van der Waals surface area contributed by atoms with Crippen molar-refractivity contribution in [3.05, 3.63) is 61.4 Å². The molecule has 1 fully saturated rings. The summed E-state index contributed by atoms with van der Waals surface area (Å²) in [7, 11) is 2.02. The number of hydrogen-bond donors (Lipinski definition) is 1. The largest absolute Gasteiger partial charge is 0.478 e.